The van der Waals surface area contributed by atoms with Crippen LogP contribution < -0.4 is 19.9 Å². The summed E-state index contributed by atoms with van der Waals surface area (Å²) in [5, 5.41) is 13.0. The highest BCUT2D eigenvalue weighted by atomic mass is 16.6. The molecule has 2 aromatic rings. The maximum atomic E-state index is 12.3. The number of hydrogen-bond acceptors (Lipinski definition) is 8. The Morgan fingerprint density at radius 3 is 2.39 bits per heavy atom. The molecule has 1 fully saturated rings. The van der Waals surface area contributed by atoms with Crippen LogP contribution in [0.15, 0.2) is 30.5 Å². The fourth-order valence-electron chi connectivity index (χ4n) is 4.15. The maximum absolute atomic E-state index is 12.3. The number of carbonyl (C=O) groups excluding carboxylic acids is 2. The Balaban J connectivity index is 1.83. The van der Waals surface area contributed by atoms with Crippen LogP contribution >= 0.6 is 0 Å². The van der Waals surface area contributed by atoms with E-state index in [9.17, 15) is 19.5 Å². The smallest absolute Gasteiger partial charge is 0.415 e. The number of carboxylic acids is 1. The summed E-state index contributed by atoms with van der Waals surface area (Å²) in [7, 11) is 0. The van der Waals surface area contributed by atoms with Gasteiger partial charge in [-0.05, 0) is 44.4 Å². The Morgan fingerprint density at radius 1 is 1.18 bits per heavy atom. The molecule has 1 atom stereocenters. The maximum Gasteiger partial charge on any atom is 0.415 e. The number of nitrogens with zero attached hydrogens (tertiary/aromatic N) is 5. The van der Waals surface area contributed by atoms with Crippen LogP contribution in [0, 0.1) is 12.3 Å². The second kappa shape index (κ2) is 13.3. The van der Waals surface area contributed by atoms with Gasteiger partial charge in [-0.15, -0.1) is 6.42 Å². The molecule has 11 heteroatoms. The van der Waals surface area contributed by atoms with Crippen LogP contribution in [0.3, 0.4) is 0 Å². The van der Waals surface area contributed by atoms with Crippen molar-refractivity contribution < 1.29 is 24.2 Å². The highest BCUT2D eigenvalue weighted by Gasteiger charge is 2.25. The standard InChI is InChI=1S/C27H34N6O5/c1-5-14-33(19(4)34)23-18-28-26(31(6-2)7-3)30-24(23)29-22(25(35)36)17-20-10-12-21(13-11-20)38-27(37)32-15-8-9-16-32/h1,10-13,18,22H,6-9,14-17H2,2-4H3,(H,35,36)(H,28,29,30)/t22-/m0/s1. The van der Waals surface area contributed by atoms with Crippen LogP contribution in [-0.4, -0.2) is 76.7 Å². The molecule has 202 valence electrons. The molecule has 0 saturated carbocycles. The lowest BCUT2D eigenvalue weighted by atomic mass is 10.1. The van der Waals surface area contributed by atoms with Gasteiger partial charge in [-0.2, -0.15) is 4.98 Å². The Bertz CT molecular complexity index is 1170. The second-order valence-corrected chi connectivity index (χ2v) is 8.83. The van der Waals surface area contributed by atoms with E-state index in [4.69, 9.17) is 11.2 Å². The third-order valence-corrected chi connectivity index (χ3v) is 6.26. The molecule has 1 saturated heterocycles. The van der Waals surface area contributed by atoms with E-state index in [2.05, 4.69) is 21.2 Å². The molecule has 2 amide bonds. The summed E-state index contributed by atoms with van der Waals surface area (Å²) in [6, 6.07) is 5.63. The minimum absolute atomic E-state index is 0.0205. The first kappa shape index (κ1) is 28.2. The number of ether oxygens (including phenoxy) is 1. The number of likely N-dealkylation sites (tertiary alicyclic amines) is 1. The number of amides is 2. The van der Waals surface area contributed by atoms with Crippen LogP contribution in [0.4, 0.5) is 22.2 Å². The van der Waals surface area contributed by atoms with Crippen molar-refractivity contribution in [3.8, 4) is 18.1 Å². The van der Waals surface area contributed by atoms with Gasteiger partial charge in [-0.1, -0.05) is 18.1 Å². The van der Waals surface area contributed by atoms with E-state index in [0.29, 0.717) is 49.1 Å². The Morgan fingerprint density at radius 2 is 1.84 bits per heavy atom. The highest BCUT2D eigenvalue weighted by Crippen LogP contribution is 2.27. The zero-order chi connectivity index (χ0) is 27.7. The zero-order valence-corrected chi connectivity index (χ0v) is 22.0. The van der Waals surface area contributed by atoms with Crippen molar-refractivity contribution >= 4 is 35.4 Å². The van der Waals surface area contributed by atoms with Crippen molar-refractivity contribution in [2.75, 3.05) is 47.8 Å². The van der Waals surface area contributed by atoms with Crippen LogP contribution in [0.1, 0.15) is 39.2 Å². The van der Waals surface area contributed by atoms with Crippen LogP contribution in [0.2, 0.25) is 0 Å². The molecule has 3 rings (SSSR count). The van der Waals surface area contributed by atoms with Gasteiger partial charge in [0, 0.05) is 39.5 Å². The molecule has 0 bridgehead atoms. The molecule has 0 aliphatic carbocycles. The third-order valence-electron chi connectivity index (χ3n) is 6.26. The summed E-state index contributed by atoms with van der Waals surface area (Å²) < 4.78 is 5.43. The van der Waals surface area contributed by atoms with E-state index < -0.39 is 12.0 Å². The number of terminal acetylenes is 1. The van der Waals surface area contributed by atoms with Crippen LogP contribution in [-0.2, 0) is 16.0 Å². The number of aliphatic carboxylic acids is 1. The van der Waals surface area contributed by atoms with E-state index >= 15 is 0 Å². The second-order valence-electron chi connectivity index (χ2n) is 8.83. The van der Waals surface area contributed by atoms with Crippen molar-refractivity contribution in [3.05, 3.63) is 36.0 Å². The first-order valence-corrected chi connectivity index (χ1v) is 12.7. The lowest BCUT2D eigenvalue weighted by molar-refractivity contribution is -0.137. The average molecular weight is 523 g/mol. The quantitative estimate of drug-likeness (QED) is 0.428. The molecule has 38 heavy (non-hydrogen) atoms. The van der Waals surface area contributed by atoms with E-state index in [1.807, 2.05) is 18.7 Å². The van der Waals surface area contributed by atoms with Crippen molar-refractivity contribution in [3.63, 3.8) is 0 Å². The predicted octanol–water partition coefficient (Wildman–Crippen LogP) is 3.01. The number of nitrogens with one attached hydrogen (secondary N) is 1. The molecular formula is C27H34N6O5. The molecule has 0 spiro atoms. The van der Waals surface area contributed by atoms with Gasteiger partial charge < -0.3 is 25.0 Å². The van der Waals surface area contributed by atoms with Gasteiger partial charge in [0.2, 0.25) is 11.9 Å². The van der Waals surface area contributed by atoms with Crippen molar-refractivity contribution in [2.45, 2.75) is 46.1 Å². The summed E-state index contributed by atoms with van der Waals surface area (Å²) >= 11 is 0. The molecule has 0 radical (unpaired) electrons. The molecule has 1 aromatic heterocycles. The summed E-state index contributed by atoms with van der Waals surface area (Å²) in [6.45, 7) is 7.93. The highest BCUT2D eigenvalue weighted by molar-refractivity contribution is 5.95. The number of carbonyl (C=O) groups is 3. The van der Waals surface area contributed by atoms with Gasteiger partial charge in [0.1, 0.15) is 17.5 Å². The Hall–Kier alpha value is -4.33. The van der Waals surface area contributed by atoms with Crippen LogP contribution in [0.5, 0.6) is 5.75 Å². The number of benzene rings is 1. The number of rotatable bonds is 11. The summed E-state index contributed by atoms with van der Waals surface area (Å²) in [5.41, 5.74) is 0.999. The van der Waals surface area contributed by atoms with Gasteiger partial charge >= 0.3 is 12.1 Å². The number of hydrogen-bond donors (Lipinski definition) is 2. The zero-order valence-electron chi connectivity index (χ0n) is 22.0. The van der Waals surface area contributed by atoms with Gasteiger partial charge in [0.05, 0.1) is 12.7 Å². The normalized spacial score (nSPS) is 13.4. The molecule has 11 nitrogen and oxygen atoms in total. The molecule has 1 aliphatic heterocycles. The van der Waals surface area contributed by atoms with Crippen molar-refractivity contribution in [1.82, 2.24) is 14.9 Å². The van der Waals surface area contributed by atoms with E-state index in [-0.39, 0.29) is 30.8 Å². The first-order valence-electron chi connectivity index (χ1n) is 12.7. The molecule has 2 heterocycles. The van der Waals surface area contributed by atoms with Gasteiger partial charge in [0.15, 0.2) is 5.82 Å². The fraction of sp³-hybridized carbons (Fsp3) is 0.444. The molecule has 1 aromatic carbocycles. The minimum Gasteiger partial charge on any atom is -0.480 e. The number of carboxylic acid groups (broad SMARTS) is 1. The topological polar surface area (TPSA) is 128 Å². The largest absolute Gasteiger partial charge is 0.480 e. The number of aromatic nitrogens is 2. The SMILES string of the molecule is C#CCN(C(C)=O)c1cnc(N(CC)CC)nc1N[C@@H](Cc1ccc(OC(=O)N2CCCC2)cc1)C(=O)O. The monoisotopic (exact) mass is 522 g/mol. The van der Waals surface area contributed by atoms with E-state index in [1.165, 1.54) is 18.0 Å². The minimum atomic E-state index is -1.10. The van der Waals surface area contributed by atoms with Crippen molar-refractivity contribution in [1.29, 1.82) is 0 Å². The Labute approximate surface area is 222 Å². The predicted molar refractivity (Wildman–Crippen MR) is 144 cm³/mol. The summed E-state index contributed by atoms with van der Waals surface area (Å²) in [4.78, 5) is 50.6. The van der Waals surface area contributed by atoms with Gasteiger partial charge in [0.25, 0.3) is 0 Å². The van der Waals surface area contributed by atoms with Gasteiger partial charge in [-0.3, -0.25) is 9.69 Å². The summed E-state index contributed by atoms with van der Waals surface area (Å²) in [6.07, 6.45) is 8.59. The van der Waals surface area contributed by atoms with Gasteiger partial charge in [-0.25, -0.2) is 14.6 Å². The van der Waals surface area contributed by atoms with E-state index in [0.717, 1.165) is 12.8 Å². The lowest BCUT2D eigenvalue weighted by Gasteiger charge is -2.26. The average Bonchev–Trinajstić information content (AvgIpc) is 3.44. The van der Waals surface area contributed by atoms with Crippen molar-refractivity contribution in [2.24, 2.45) is 0 Å². The molecule has 1 aliphatic rings. The van der Waals surface area contributed by atoms with E-state index in [1.54, 1.807) is 29.2 Å². The molecule has 2 N–H and O–H groups in total. The molecule has 0 unspecified atom stereocenters. The van der Waals surface area contributed by atoms with Crippen LogP contribution in [0.25, 0.3) is 0 Å². The molecular weight excluding hydrogens is 488 g/mol. The fourth-order valence-corrected chi connectivity index (χ4v) is 4.15. The number of anilines is 3. The summed E-state index contributed by atoms with van der Waals surface area (Å²) in [5.74, 6) is 2.00. The third kappa shape index (κ3) is 7.12. The Kier molecular flexibility index (Phi) is 9.87. The lowest BCUT2D eigenvalue weighted by Crippen LogP contribution is -2.35. The first-order chi connectivity index (χ1) is 18.3.